The van der Waals surface area contributed by atoms with Gasteiger partial charge in [-0.15, -0.1) is 9.42 Å². The number of H-pyrrole nitrogens is 1. The van der Waals surface area contributed by atoms with Crippen LogP contribution in [0, 0.1) is 6.92 Å². The number of aromatic nitrogens is 2. The Kier molecular flexibility index (Phi) is 5.42. The summed E-state index contributed by atoms with van der Waals surface area (Å²) >= 11 is 0. The van der Waals surface area contributed by atoms with Crippen molar-refractivity contribution in [3.8, 4) is 0 Å². The van der Waals surface area contributed by atoms with Crippen LogP contribution < -0.4 is 11.2 Å². The average molecular weight is 347 g/mol. The predicted molar refractivity (Wildman–Crippen MR) is 75.9 cm³/mol. The molecule has 1 aliphatic heterocycles. The number of esters is 1. The average Bonchev–Trinajstić information content (AvgIpc) is 2.82. The molecule has 0 saturated carbocycles. The topological polar surface area (TPSA) is 137 Å². The van der Waals surface area contributed by atoms with Crippen molar-refractivity contribution >= 4 is 14.2 Å². The third kappa shape index (κ3) is 4.32. The standard InChI is InChI=1S/C12H15N2O8P/c1-6-4-14(12(17)13-11(6)16)10-3-8(21-7(2)15)9(22-10)5-20-23(18)19/h4,8-10H,3,5H2,1-2H3,(H-,13,16,17,18,19)/p+1/t8-,9+,10+/m0/s1. The maximum Gasteiger partial charge on any atom is 0.694 e. The number of hydrogen-bond acceptors (Lipinski definition) is 7. The summed E-state index contributed by atoms with van der Waals surface area (Å²) in [6.07, 6.45) is -0.874. The van der Waals surface area contributed by atoms with Crippen LogP contribution >= 0.6 is 8.25 Å². The number of nitrogens with one attached hydrogen (secondary N) is 1. The molecule has 126 valence electrons. The van der Waals surface area contributed by atoms with Gasteiger partial charge in [0, 0.05) is 29.7 Å². The van der Waals surface area contributed by atoms with Gasteiger partial charge in [0.1, 0.15) is 25.0 Å². The number of carbonyl (C=O) groups is 1. The lowest BCUT2D eigenvalue weighted by atomic mass is 10.2. The largest absolute Gasteiger partial charge is 0.694 e. The van der Waals surface area contributed by atoms with E-state index in [1.165, 1.54) is 24.6 Å². The molecule has 1 aromatic rings. The second kappa shape index (κ2) is 7.14. The van der Waals surface area contributed by atoms with Crippen LogP contribution in [-0.2, 0) is 23.4 Å². The van der Waals surface area contributed by atoms with Crippen LogP contribution in [0.25, 0.3) is 0 Å². The Morgan fingerprint density at radius 1 is 1.57 bits per heavy atom. The van der Waals surface area contributed by atoms with Crippen molar-refractivity contribution in [2.45, 2.75) is 38.7 Å². The molecule has 1 aromatic heterocycles. The number of rotatable bonds is 5. The molecule has 0 aliphatic carbocycles. The van der Waals surface area contributed by atoms with Gasteiger partial charge < -0.3 is 9.47 Å². The summed E-state index contributed by atoms with van der Waals surface area (Å²) in [6.45, 7) is 2.47. The second-order valence-electron chi connectivity index (χ2n) is 5.03. The quantitative estimate of drug-likeness (QED) is 0.548. The number of ether oxygens (including phenoxy) is 2. The summed E-state index contributed by atoms with van der Waals surface area (Å²) in [5, 5.41) is 0. The van der Waals surface area contributed by atoms with Crippen LogP contribution in [0.4, 0.5) is 0 Å². The lowest BCUT2D eigenvalue weighted by molar-refractivity contribution is -0.150. The summed E-state index contributed by atoms with van der Waals surface area (Å²) in [6, 6.07) is 0. The number of hydrogen-bond donors (Lipinski definition) is 2. The molecule has 0 aromatic carbocycles. The fourth-order valence-corrected chi connectivity index (χ4v) is 2.57. The van der Waals surface area contributed by atoms with E-state index >= 15 is 0 Å². The molecule has 2 heterocycles. The Morgan fingerprint density at radius 2 is 2.26 bits per heavy atom. The van der Waals surface area contributed by atoms with Crippen molar-refractivity contribution in [1.29, 1.82) is 0 Å². The van der Waals surface area contributed by atoms with Crippen molar-refractivity contribution < 1.29 is 28.3 Å². The minimum Gasteiger partial charge on any atom is -0.460 e. The Hall–Kier alpha value is -1.87. The van der Waals surface area contributed by atoms with E-state index in [0.717, 1.165) is 0 Å². The van der Waals surface area contributed by atoms with Gasteiger partial charge in [-0.05, 0) is 6.92 Å². The molecule has 0 amide bonds. The van der Waals surface area contributed by atoms with E-state index in [1.54, 1.807) is 0 Å². The monoisotopic (exact) mass is 347 g/mol. The maximum absolute atomic E-state index is 11.9. The van der Waals surface area contributed by atoms with E-state index in [9.17, 15) is 18.9 Å². The van der Waals surface area contributed by atoms with Crippen molar-refractivity contribution in [3.63, 3.8) is 0 Å². The van der Waals surface area contributed by atoms with Gasteiger partial charge in [-0.2, -0.15) is 0 Å². The molecule has 23 heavy (non-hydrogen) atoms. The van der Waals surface area contributed by atoms with Crippen LogP contribution in [-0.4, -0.2) is 39.2 Å². The lowest BCUT2D eigenvalue weighted by Gasteiger charge is -2.15. The smallest absolute Gasteiger partial charge is 0.460 e. The van der Waals surface area contributed by atoms with E-state index in [0.29, 0.717) is 5.56 Å². The molecular formula is C12H16N2O8P+. The zero-order valence-electron chi connectivity index (χ0n) is 12.4. The number of nitrogens with zero attached hydrogens (tertiary/aromatic N) is 1. The van der Waals surface area contributed by atoms with Crippen LogP contribution in [0.1, 0.15) is 25.1 Å². The fourth-order valence-electron chi connectivity index (χ4n) is 2.30. The van der Waals surface area contributed by atoms with Gasteiger partial charge >= 0.3 is 19.9 Å². The number of aryl methyl sites for hydroxylation is 1. The Balaban J connectivity index is 2.23. The van der Waals surface area contributed by atoms with Gasteiger partial charge in [-0.3, -0.25) is 19.1 Å². The molecule has 1 aliphatic rings. The highest BCUT2D eigenvalue weighted by Crippen LogP contribution is 2.31. The minimum atomic E-state index is -2.83. The first-order valence-electron chi connectivity index (χ1n) is 6.71. The maximum atomic E-state index is 11.9. The van der Waals surface area contributed by atoms with E-state index in [2.05, 4.69) is 9.51 Å². The fraction of sp³-hybridized carbons (Fsp3) is 0.583. The van der Waals surface area contributed by atoms with Gasteiger partial charge in [0.2, 0.25) is 0 Å². The zero-order chi connectivity index (χ0) is 17.1. The lowest BCUT2D eigenvalue weighted by Crippen LogP contribution is -2.33. The minimum absolute atomic E-state index is 0.140. The third-order valence-corrected chi connectivity index (χ3v) is 3.67. The summed E-state index contributed by atoms with van der Waals surface area (Å²) in [5.74, 6) is -0.553. The first-order chi connectivity index (χ1) is 10.8. The first kappa shape index (κ1) is 17.5. The second-order valence-corrected chi connectivity index (χ2v) is 5.76. The number of aromatic amines is 1. The highest BCUT2D eigenvalue weighted by Gasteiger charge is 2.40. The molecule has 2 N–H and O–H groups in total. The van der Waals surface area contributed by atoms with E-state index in [4.69, 9.17) is 14.4 Å². The molecule has 0 bridgehead atoms. The molecule has 1 unspecified atom stereocenters. The Morgan fingerprint density at radius 3 is 2.87 bits per heavy atom. The molecular weight excluding hydrogens is 331 g/mol. The van der Waals surface area contributed by atoms with Crippen LogP contribution in [0.3, 0.4) is 0 Å². The van der Waals surface area contributed by atoms with Gasteiger partial charge in [-0.1, -0.05) is 0 Å². The van der Waals surface area contributed by atoms with Crippen LogP contribution in [0.5, 0.6) is 0 Å². The summed E-state index contributed by atoms with van der Waals surface area (Å²) in [4.78, 5) is 45.3. The van der Waals surface area contributed by atoms with E-state index in [-0.39, 0.29) is 13.0 Å². The van der Waals surface area contributed by atoms with Crippen molar-refractivity contribution in [2.24, 2.45) is 0 Å². The normalized spacial score (nSPS) is 24.5. The number of carbonyl (C=O) groups excluding carboxylic acids is 1. The molecule has 2 rings (SSSR count). The van der Waals surface area contributed by atoms with Gasteiger partial charge in [0.15, 0.2) is 0 Å². The van der Waals surface area contributed by atoms with Crippen molar-refractivity contribution in [2.75, 3.05) is 6.61 Å². The summed E-state index contributed by atoms with van der Waals surface area (Å²) in [5.41, 5.74) is -0.852. The molecule has 1 fully saturated rings. The Bertz CT molecular complexity index is 727. The summed E-state index contributed by atoms with van der Waals surface area (Å²) < 4.78 is 27.1. The zero-order valence-corrected chi connectivity index (χ0v) is 13.3. The summed E-state index contributed by atoms with van der Waals surface area (Å²) in [7, 11) is -2.83. The van der Waals surface area contributed by atoms with Gasteiger partial charge in [0.05, 0.1) is 0 Å². The SMILES string of the molecule is CC(=O)O[C@H]1C[C@H](n2cc(C)c(=O)[nH]c2=O)O[C@@H]1CO[P+](=O)O. The van der Waals surface area contributed by atoms with Gasteiger partial charge in [-0.25, -0.2) is 4.79 Å². The van der Waals surface area contributed by atoms with Crippen molar-refractivity contribution in [3.05, 3.63) is 32.6 Å². The third-order valence-electron chi connectivity index (χ3n) is 3.30. The molecule has 10 nitrogen and oxygen atoms in total. The van der Waals surface area contributed by atoms with Crippen molar-refractivity contribution in [1.82, 2.24) is 9.55 Å². The van der Waals surface area contributed by atoms with Crippen LogP contribution in [0.15, 0.2) is 15.8 Å². The Labute approximate surface area is 130 Å². The highest BCUT2D eigenvalue weighted by atomic mass is 31.1. The van der Waals surface area contributed by atoms with E-state index in [1.807, 2.05) is 0 Å². The van der Waals surface area contributed by atoms with Gasteiger partial charge in [0.25, 0.3) is 5.56 Å². The predicted octanol–water partition coefficient (Wildman–Crippen LogP) is -0.269. The molecule has 0 spiro atoms. The van der Waals surface area contributed by atoms with Crippen LogP contribution in [0.2, 0.25) is 0 Å². The molecule has 0 radical (unpaired) electrons. The molecule has 1 saturated heterocycles. The molecule has 4 atom stereocenters. The first-order valence-corrected chi connectivity index (χ1v) is 7.84. The highest BCUT2D eigenvalue weighted by molar-refractivity contribution is 7.32. The molecule has 11 heteroatoms. The van der Waals surface area contributed by atoms with E-state index < -0.39 is 43.9 Å².